The smallest absolute Gasteiger partial charge is 0.231 e. The van der Waals surface area contributed by atoms with Crippen molar-refractivity contribution in [2.75, 3.05) is 27.6 Å². The molecule has 0 aromatic heterocycles. The van der Waals surface area contributed by atoms with Crippen molar-refractivity contribution in [3.63, 3.8) is 0 Å². The minimum Gasteiger partial charge on any atom is -0.496 e. The quantitative estimate of drug-likeness (QED) is 0.558. The fourth-order valence-electron chi connectivity index (χ4n) is 4.22. The molecule has 0 radical (unpaired) electrons. The predicted molar refractivity (Wildman–Crippen MR) is 126 cm³/mol. The van der Waals surface area contributed by atoms with Gasteiger partial charge in [0.05, 0.1) is 20.3 Å². The van der Waals surface area contributed by atoms with E-state index in [1.54, 1.807) is 14.2 Å². The van der Waals surface area contributed by atoms with Gasteiger partial charge in [0.1, 0.15) is 12.4 Å². The second-order valence-corrected chi connectivity index (χ2v) is 7.96. The molecule has 3 aromatic rings. The number of hydrogen-bond donors (Lipinski definition) is 1. The van der Waals surface area contributed by atoms with E-state index < -0.39 is 0 Å². The van der Waals surface area contributed by atoms with Crippen molar-refractivity contribution in [3.8, 4) is 28.7 Å². The number of methoxy groups -OCH3 is 2. The molecule has 2 aliphatic rings. The van der Waals surface area contributed by atoms with Crippen LogP contribution < -0.4 is 29.0 Å². The minimum atomic E-state index is 0.0425. The molecular weight excluding hydrogens is 418 g/mol. The van der Waals surface area contributed by atoms with Crippen molar-refractivity contribution in [3.05, 3.63) is 82.9 Å². The summed E-state index contributed by atoms with van der Waals surface area (Å²) in [4.78, 5) is 0. The lowest BCUT2D eigenvalue weighted by Gasteiger charge is -2.26. The maximum absolute atomic E-state index is 6.11. The Morgan fingerprint density at radius 1 is 0.939 bits per heavy atom. The molecule has 0 fully saturated rings. The summed E-state index contributed by atoms with van der Waals surface area (Å²) in [5.41, 5.74) is 4.49. The first kappa shape index (κ1) is 21.2. The predicted octanol–water partition coefficient (Wildman–Crippen LogP) is 4.91. The Hall–Kier alpha value is -3.64. The summed E-state index contributed by atoms with van der Waals surface area (Å²) in [6.07, 6.45) is 5.13. The first-order chi connectivity index (χ1) is 16.2. The Kier molecular flexibility index (Phi) is 6.09. The maximum atomic E-state index is 6.11. The van der Waals surface area contributed by atoms with E-state index in [1.807, 2.05) is 30.3 Å². The Balaban J connectivity index is 1.40. The third kappa shape index (κ3) is 4.47. The van der Waals surface area contributed by atoms with E-state index in [9.17, 15) is 0 Å². The van der Waals surface area contributed by atoms with E-state index in [1.165, 1.54) is 11.1 Å². The van der Waals surface area contributed by atoms with E-state index in [-0.39, 0.29) is 12.8 Å². The fourth-order valence-corrected chi connectivity index (χ4v) is 4.22. The lowest BCUT2D eigenvalue weighted by atomic mass is 9.93. The summed E-state index contributed by atoms with van der Waals surface area (Å²) in [6.45, 7) is 1.61. The summed E-state index contributed by atoms with van der Waals surface area (Å²) in [7, 11) is 3.33. The average molecular weight is 446 g/mol. The molecule has 6 heteroatoms. The van der Waals surface area contributed by atoms with E-state index in [2.05, 4.69) is 41.7 Å². The molecule has 1 unspecified atom stereocenters. The van der Waals surface area contributed by atoms with Crippen molar-refractivity contribution in [2.24, 2.45) is 0 Å². The van der Waals surface area contributed by atoms with Crippen LogP contribution in [0.4, 0.5) is 0 Å². The minimum absolute atomic E-state index is 0.0425. The highest BCUT2D eigenvalue weighted by Gasteiger charge is 2.22. The zero-order valence-electron chi connectivity index (χ0n) is 18.8. The van der Waals surface area contributed by atoms with Crippen molar-refractivity contribution in [1.82, 2.24) is 5.32 Å². The monoisotopic (exact) mass is 445 g/mol. The number of hydrogen-bond acceptors (Lipinski definition) is 6. The highest BCUT2D eigenvalue weighted by atomic mass is 16.7. The second-order valence-electron chi connectivity index (χ2n) is 7.96. The average Bonchev–Trinajstić information content (AvgIpc) is 3.33. The summed E-state index contributed by atoms with van der Waals surface area (Å²) in [5, 5.41) is 3.58. The van der Waals surface area contributed by atoms with Crippen LogP contribution in [-0.2, 0) is 13.0 Å². The van der Waals surface area contributed by atoms with Gasteiger partial charge < -0.3 is 29.0 Å². The zero-order valence-corrected chi connectivity index (χ0v) is 18.8. The molecule has 0 aliphatic carbocycles. The van der Waals surface area contributed by atoms with Crippen LogP contribution in [0, 0.1) is 0 Å². The third-order valence-electron chi connectivity index (χ3n) is 5.95. The molecule has 1 atom stereocenters. The number of ether oxygens (including phenoxy) is 5. The van der Waals surface area contributed by atoms with Gasteiger partial charge in [0.15, 0.2) is 23.0 Å². The van der Waals surface area contributed by atoms with Crippen molar-refractivity contribution < 1.29 is 23.7 Å². The lowest BCUT2D eigenvalue weighted by molar-refractivity contribution is 0.174. The van der Waals surface area contributed by atoms with E-state index in [4.69, 9.17) is 23.7 Å². The summed E-state index contributed by atoms with van der Waals surface area (Å²) >= 11 is 0. The molecule has 33 heavy (non-hydrogen) atoms. The summed E-state index contributed by atoms with van der Waals surface area (Å²) < 4.78 is 28.3. The van der Waals surface area contributed by atoms with Crippen molar-refractivity contribution in [2.45, 2.75) is 19.1 Å². The Morgan fingerprint density at radius 2 is 1.73 bits per heavy atom. The molecule has 2 heterocycles. The van der Waals surface area contributed by atoms with Gasteiger partial charge in [-0.25, -0.2) is 0 Å². The Bertz CT molecular complexity index is 1160. The molecule has 1 N–H and O–H groups in total. The van der Waals surface area contributed by atoms with Crippen LogP contribution >= 0.6 is 0 Å². The second kappa shape index (κ2) is 9.46. The molecule has 2 aliphatic heterocycles. The largest absolute Gasteiger partial charge is 0.496 e. The van der Waals surface area contributed by atoms with Crippen LogP contribution in [-0.4, -0.2) is 27.6 Å². The number of rotatable bonds is 7. The topological polar surface area (TPSA) is 58.2 Å². The van der Waals surface area contributed by atoms with Crippen molar-refractivity contribution in [1.29, 1.82) is 0 Å². The molecule has 0 saturated carbocycles. The van der Waals surface area contributed by atoms with Gasteiger partial charge in [0, 0.05) is 18.2 Å². The number of benzene rings is 3. The highest BCUT2D eigenvalue weighted by molar-refractivity contribution is 5.65. The van der Waals surface area contributed by atoms with Gasteiger partial charge >= 0.3 is 0 Å². The third-order valence-corrected chi connectivity index (χ3v) is 5.95. The van der Waals surface area contributed by atoms with Crippen LogP contribution in [0.25, 0.3) is 6.08 Å². The Morgan fingerprint density at radius 3 is 2.52 bits per heavy atom. The Labute approximate surface area is 193 Å². The maximum Gasteiger partial charge on any atom is 0.231 e. The van der Waals surface area contributed by atoms with Crippen LogP contribution in [0.15, 0.2) is 60.7 Å². The first-order valence-corrected chi connectivity index (χ1v) is 11.0. The van der Waals surface area contributed by atoms with Gasteiger partial charge in [-0.3, -0.25) is 0 Å². The van der Waals surface area contributed by atoms with E-state index in [0.717, 1.165) is 47.1 Å². The molecule has 0 amide bonds. The standard InChI is InChI=1S/C27H27NO5/c1-29-23-15-27-26(32-17-33-27)13-20(23)8-9-22-21-14-24(30-2)25(12-19(21)10-11-28-22)31-16-18-6-4-3-5-7-18/h3-9,12-15,22,28H,10-11,16-17H2,1-2H3/b9-8+. The number of fused-ring (bicyclic) bond motifs is 2. The zero-order chi connectivity index (χ0) is 22.6. The number of nitrogens with one attached hydrogen (secondary N) is 1. The molecular formula is C27H27NO5. The highest BCUT2D eigenvalue weighted by Crippen LogP contribution is 2.40. The normalized spacial score (nSPS) is 16.5. The van der Waals surface area contributed by atoms with Gasteiger partial charge in [-0.2, -0.15) is 0 Å². The van der Waals surface area contributed by atoms with E-state index in [0.29, 0.717) is 12.4 Å². The van der Waals surface area contributed by atoms with Crippen LogP contribution in [0.3, 0.4) is 0 Å². The molecule has 5 rings (SSSR count). The molecule has 0 saturated heterocycles. The molecule has 0 spiro atoms. The molecule has 3 aromatic carbocycles. The van der Waals surface area contributed by atoms with E-state index >= 15 is 0 Å². The van der Waals surface area contributed by atoms with Gasteiger partial charge in [0.25, 0.3) is 0 Å². The first-order valence-electron chi connectivity index (χ1n) is 11.0. The molecule has 170 valence electrons. The van der Waals surface area contributed by atoms with Crippen LogP contribution in [0.1, 0.15) is 28.3 Å². The SMILES string of the molecule is COc1cc2c(cc1/C=C/C1NCCc3cc(OCc4ccccc4)c(OC)cc31)OCO2. The molecule has 0 bridgehead atoms. The van der Waals surface area contributed by atoms with Crippen molar-refractivity contribution >= 4 is 6.08 Å². The van der Waals surface area contributed by atoms with Gasteiger partial charge in [-0.1, -0.05) is 42.5 Å². The van der Waals surface area contributed by atoms with Crippen LogP contribution in [0.2, 0.25) is 0 Å². The van der Waals surface area contributed by atoms with Gasteiger partial charge in [0.2, 0.25) is 6.79 Å². The van der Waals surface area contributed by atoms with Crippen LogP contribution in [0.5, 0.6) is 28.7 Å². The molecule has 6 nitrogen and oxygen atoms in total. The summed E-state index contributed by atoms with van der Waals surface area (Å²) in [6, 6.07) is 18.2. The van der Waals surface area contributed by atoms with Gasteiger partial charge in [-0.05, 0) is 41.3 Å². The fraction of sp³-hybridized carbons (Fsp3) is 0.259. The summed E-state index contributed by atoms with van der Waals surface area (Å²) in [5.74, 6) is 3.68. The van der Waals surface area contributed by atoms with Gasteiger partial charge in [-0.15, -0.1) is 0 Å². The lowest BCUT2D eigenvalue weighted by Crippen LogP contribution is -2.28.